The predicted molar refractivity (Wildman–Crippen MR) is 103 cm³/mol. The van der Waals surface area contributed by atoms with Crippen LogP contribution in [-0.4, -0.2) is 40.2 Å². The first-order chi connectivity index (χ1) is 12.3. The Morgan fingerprint density at radius 2 is 2.00 bits per heavy atom. The van der Waals surface area contributed by atoms with Crippen LogP contribution in [0.4, 0.5) is 0 Å². The molecule has 0 aromatic carbocycles. The van der Waals surface area contributed by atoms with Crippen LogP contribution < -0.4 is 5.32 Å². The van der Waals surface area contributed by atoms with Gasteiger partial charge in [-0.05, 0) is 37.0 Å². The Morgan fingerprint density at radius 3 is 2.69 bits per heavy atom. The van der Waals surface area contributed by atoms with Crippen molar-refractivity contribution in [1.29, 1.82) is 0 Å². The van der Waals surface area contributed by atoms with E-state index < -0.39 is 0 Å². The minimum atomic E-state index is 0.147. The Morgan fingerprint density at radius 1 is 1.27 bits per heavy atom. The van der Waals surface area contributed by atoms with E-state index in [1.54, 1.807) is 0 Å². The number of carbonyl (C=O) groups excluding carboxylic acids is 1. The summed E-state index contributed by atoms with van der Waals surface area (Å²) in [5, 5.41) is 8.32. The Hall–Kier alpha value is -1.36. The minimum absolute atomic E-state index is 0.147. The molecule has 2 heterocycles. The maximum absolute atomic E-state index is 12.4. The molecule has 0 unspecified atom stereocenters. The molecule has 0 radical (unpaired) electrons. The largest absolute Gasteiger partial charge is 0.338 e. The first-order valence-electron chi connectivity index (χ1n) is 10.3. The Kier molecular flexibility index (Phi) is 4.41. The Bertz CT molecular complexity index is 694. The zero-order chi connectivity index (χ0) is 18.6. The second-order valence-electron chi connectivity index (χ2n) is 9.48. The van der Waals surface area contributed by atoms with Gasteiger partial charge in [-0.1, -0.05) is 26.7 Å². The first kappa shape index (κ1) is 18.0. The van der Waals surface area contributed by atoms with Gasteiger partial charge in [0.1, 0.15) is 0 Å². The van der Waals surface area contributed by atoms with E-state index in [0.29, 0.717) is 23.8 Å². The van der Waals surface area contributed by atoms with Crippen LogP contribution in [0.2, 0.25) is 0 Å². The van der Waals surface area contributed by atoms with Crippen molar-refractivity contribution in [1.82, 2.24) is 20.0 Å². The van der Waals surface area contributed by atoms with Crippen molar-refractivity contribution < 1.29 is 4.79 Å². The number of nitrogens with one attached hydrogen (secondary N) is 1. The SMILES string of the molecule is Cc1c([C@H]2[C@H](CN[C@H]3[C@@H]4CCCC[C@@H]4C3(C)C)CC(=O)N2C)cnn1C. The fourth-order valence-corrected chi connectivity index (χ4v) is 6.24. The predicted octanol–water partition coefficient (Wildman–Crippen LogP) is 3.05. The van der Waals surface area contributed by atoms with Crippen LogP contribution >= 0.6 is 0 Å². The topological polar surface area (TPSA) is 50.2 Å². The van der Waals surface area contributed by atoms with E-state index >= 15 is 0 Å². The molecule has 5 atom stereocenters. The van der Waals surface area contributed by atoms with E-state index in [1.807, 2.05) is 29.9 Å². The quantitative estimate of drug-likeness (QED) is 0.900. The molecule has 2 aliphatic carbocycles. The highest BCUT2D eigenvalue weighted by atomic mass is 16.2. The monoisotopic (exact) mass is 358 g/mol. The van der Waals surface area contributed by atoms with Crippen LogP contribution in [0.15, 0.2) is 6.20 Å². The maximum atomic E-state index is 12.4. The van der Waals surface area contributed by atoms with E-state index in [-0.39, 0.29) is 11.9 Å². The summed E-state index contributed by atoms with van der Waals surface area (Å²) < 4.78 is 1.91. The van der Waals surface area contributed by atoms with Crippen molar-refractivity contribution in [2.75, 3.05) is 13.6 Å². The molecule has 1 saturated heterocycles. The second kappa shape index (κ2) is 6.36. The smallest absolute Gasteiger partial charge is 0.223 e. The molecule has 1 aromatic heterocycles. The van der Waals surface area contributed by atoms with Crippen LogP contribution in [0.1, 0.15) is 63.3 Å². The van der Waals surface area contributed by atoms with E-state index in [9.17, 15) is 4.79 Å². The molecule has 144 valence electrons. The fraction of sp³-hybridized carbons (Fsp3) is 0.810. The molecular formula is C21H34N4O. The Labute approximate surface area is 157 Å². The first-order valence-corrected chi connectivity index (χ1v) is 10.3. The van der Waals surface area contributed by atoms with Gasteiger partial charge in [-0.15, -0.1) is 0 Å². The maximum Gasteiger partial charge on any atom is 0.223 e. The lowest BCUT2D eigenvalue weighted by Crippen LogP contribution is -2.65. The Balaban J connectivity index is 1.48. The molecule has 1 aliphatic heterocycles. The number of rotatable bonds is 4. The van der Waals surface area contributed by atoms with Crippen molar-refractivity contribution >= 4 is 5.91 Å². The molecule has 4 rings (SSSR count). The molecule has 1 N–H and O–H groups in total. The van der Waals surface area contributed by atoms with Crippen LogP contribution in [0, 0.1) is 30.1 Å². The van der Waals surface area contributed by atoms with Gasteiger partial charge in [-0.3, -0.25) is 9.48 Å². The second-order valence-corrected chi connectivity index (χ2v) is 9.48. The molecular weight excluding hydrogens is 324 g/mol. The summed E-state index contributed by atoms with van der Waals surface area (Å²) in [5.41, 5.74) is 2.76. The fourth-order valence-electron chi connectivity index (χ4n) is 6.24. The lowest BCUT2D eigenvalue weighted by molar-refractivity contribution is -0.127. The van der Waals surface area contributed by atoms with Crippen molar-refractivity contribution in [3.05, 3.63) is 17.5 Å². The zero-order valence-corrected chi connectivity index (χ0v) is 17.0. The molecule has 0 spiro atoms. The number of hydrogen-bond acceptors (Lipinski definition) is 3. The van der Waals surface area contributed by atoms with Gasteiger partial charge in [0.2, 0.25) is 5.91 Å². The summed E-state index contributed by atoms with van der Waals surface area (Å²) in [4.78, 5) is 14.4. The highest BCUT2D eigenvalue weighted by Gasteiger charge is 2.56. The molecule has 1 aromatic rings. The number of likely N-dealkylation sites (tertiary alicyclic amines) is 1. The van der Waals surface area contributed by atoms with Crippen molar-refractivity contribution in [2.24, 2.45) is 30.2 Å². The van der Waals surface area contributed by atoms with E-state index in [1.165, 1.54) is 31.2 Å². The summed E-state index contributed by atoms with van der Waals surface area (Å²) in [6.45, 7) is 7.90. The third-order valence-corrected chi connectivity index (χ3v) is 7.89. The van der Waals surface area contributed by atoms with Gasteiger partial charge in [0.25, 0.3) is 0 Å². The lowest BCUT2D eigenvalue weighted by Gasteiger charge is -2.61. The van der Waals surface area contributed by atoms with Crippen LogP contribution in [0.25, 0.3) is 0 Å². The lowest BCUT2D eigenvalue weighted by atomic mass is 9.47. The van der Waals surface area contributed by atoms with Crippen LogP contribution in [0.3, 0.4) is 0 Å². The number of amides is 1. The zero-order valence-electron chi connectivity index (χ0n) is 17.0. The van der Waals surface area contributed by atoms with Gasteiger partial charge in [0.15, 0.2) is 0 Å². The van der Waals surface area contributed by atoms with Gasteiger partial charge in [-0.2, -0.15) is 5.10 Å². The molecule has 5 heteroatoms. The van der Waals surface area contributed by atoms with Crippen LogP contribution in [0.5, 0.6) is 0 Å². The average Bonchev–Trinajstić information content (AvgIpc) is 3.07. The van der Waals surface area contributed by atoms with E-state index in [4.69, 9.17) is 0 Å². The highest BCUT2D eigenvalue weighted by molar-refractivity contribution is 5.79. The molecule has 1 amide bonds. The summed E-state index contributed by atoms with van der Waals surface area (Å²) in [6, 6.07) is 0.749. The molecule has 2 saturated carbocycles. The number of carbonyl (C=O) groups is 1. The summed E-state index contributed by atoms with van der Waals surface area (Å²) >= 11 is 0. The summed E-state index contributed by atoms with van der Waals surface area (Å²) in [6.07, 6.45) is 8.16. The van der Waals surface area contributed by atoms with Gasteiger partial charge < -0.3 is 10.2 Å². The highest BCUT2D eigenvalue weighted by Crippen LogP contribution is 2.57. The molecule has 0 bridgehead atoms. The number of aryl methyl sites for hydroxylation is 1. The third kappa shape index (κ3) is 2.62. The molecule has 26 heavy (non-hydrogen) atoms. The number of hydrogen-bond donors (Lipinski definition) is 1. The molecule has 5 nitrogen and oxygen atoms in total. The average molecular weight is 359 g/mol. The van der Waals surface area contributed by atoms with Gasteiger partial charge in [0, 0.05) is 50.3 Å². The van der Waals surface area contributed by atoms with Crippen molar-refractivity contribution in [2.45, 2.75) is 65.0 Å². The van der Waals surface area contributed by atoms with Crippen molar-refractivity contribution in [3.63, 3.8) is 0 Å². The van der Waals surface area contributed by atoms with Gasteiger partial charge >= 0.3 is 0 Å². The van der Waals surface area contributed by atoms with Crippen molar-refractivity contribution in [3.8, 4) is 0 Å². The van der Waals surface area contributed by atoms with Gasteiger partial charge in [0.05, 0.1) is 12.2 Å². The molecule has 3 fully saturated rings. The normalized spacial score (nSPS) is 36.1. The third-order valence-electron chi connectivity index (χ3n) is 7.89. The minimum Gasteiger partial charge on any atom is -0.338 e. The number of aromatic nitrogens is 2. The van der Waals surface area contributed by atoms with Crippen LogP contribution in [-0.2, 0) is 11.8 Å². The molecule has 3 aliphatic rings. The van der Waals surface area contributed by atoms with E-state index in [0.717, 1.165) is 24.1 Å². The van der Waals surface area contributed by atoms with Gasteiger partial charge in [-0.25, -0.2) is 0 Å². The standard InChI is InChI=1S/C21H34N4O/c1-13-16(12-23-25(13)5)19-14(10-18(26)24(19)4)11-22-20-15-8-6-7-9-17(15)21(20,2)3/h12,14-15,17,19-20,22H,6-11H2,1-5H3/t14-,15+,17-,19+,20-/m0/s1. The summed E-state index contributed by atoms with van der Waals surface area (Å²) in [5.74, 6) is 2.31. The number of nitrogens with zero attached hydrogens (tertiary/aromatic N) is 3. The summed E-state index contributed by atoms with van der Waals surface area (Å²) in [7, 11) is 3.92. The number of fused-ring (bicyclic) bond motifs is 1. The van der Waals surface area contributed by atoms with E-state index in [2.05, 4.69) is 31.2 Å².